The van der Waals surface area contributed by atoms with Crippen LogP contribution in [-0.4, -0.2) is 8.80 Å². The number of rotatable bonds is 7. The van der Waals surface area contributed by atoms with Crippen LogP contribution in [0.4, 0.5) is 0 Å². The zero-order valence-electron chi connectivity index (χ0n) is 19.4. The summed E-state index contributed by atoms with van der Waals surface area (Å²) in [5.74, 6) is 2.61. The second-order valence-corrected chi connectivity index (χ2v) is 13.7. The summed E-state index contributed by atoms with van der Waals surface area (Å²) in [6.45, 7) is 4.69. The molecule has 0 unspecified atom stereocenters. The van der Waals surface area contributed by atoms with Gasteiger partial charge in [0.05, 0.1) is 0 Å². The molecule has 4 rings (SSSR count). The van der Waals surface area contributed by atoms with Crippen LogP contribution in [0, 0.1) is 5.92 Å². The van der Waals surface area contributed by atoms with E-state index >= 15 is 0 Å². The van der Waals surface area contributed by atoms with Crippen LogP contribution in [0.5, 0.6) is 0 Å². The third-order valence-electron chi connectivity index (χ3n) is 8.18. The molecule has 2 aliphatic rings. The topological polar surface area (TPSA) is 0 Å². The molecule has 0 aromatic heterocycles. The highest BCUT2D eigenvalue weighted by atomic mass is 28.3. The Morgan fingerprint density at radius 1 is 0.633 bits per heavy atom. The summed E-state index contributed by atoms with van der Waals surface area (Å²) >= 11 is 0. The zero-order chi connectivity index (χ0) is 20.8. The second-order valence-electron chi connectivity index (χ2n) is 10.3. The van der Waals surface area contributed by atoms with E-state index in [1.807, 2.05) is 0 Å². The first-order valence-corrected chi connectivity index (χ1v) is 15.4. The summed E-state index contributed by atoms with van der Waals surface area (Å²) in [5.41, 5.74) is 5.91. The molecule has 0 nitrogen and oxygen atoms in total. The Morgan fingerprint density at radius 3 is 1.60 bits per heavy atom. The van der Waals surface area contributed by atoms with E-state index in [2.05, 4.69) is 62.4 Å². The molecule has 162 valence electrons. The van der Waals surface area contributed by atoms with Crippen molar-refractivity contribution in [3.63, 3.8) is 0 Å². The molecular weight excluding hydrogens is 376 g/mol. The Hall–Kier alpha value is -1.34. The molecule has 1 heterocycles. The molecule has 0 amide bonds. The molecule has 0 bridgehead atoms. The van der Waals surface area contributed by atoms with Crippen molar-refractivity contribution in [1.82, 2.24) is 0 Å². The number of hydrogen-bond acceptors (Lipinski definition) is 0. The normalized spacial score (nSPS) is 27.1. The molecule has 1 saturated heterocycles. The third-order valence-corrected chi connectivity index (χ3v) is 11.9. The lowest BCUT2D eigenvalue weighted by Crippen LogP contribution is -2.19. The van der Waals surface area contributed by atoms with Crippen LogP contribution in [0.15, 0.2) is 48.5 Å². The van der Waals surface area contributed by atoms with Crippen LogP contribution in [-0.2, 0) is 0 Å². The first-order chi connectivity index (χ1) is 14.8. The van der Waals surface area contributed by atoms with E-state index in [4.69, 9.17) is 0 Å². The molecular formula is C29H42Si. The standard InChI is InChI=1S/C29H42Si/c1-3-5-23-6-8-24(9-7-23)25-10-12-26(13-11-25)27-14-16-28(17-15-27)29-18-21-30(20-4-2)22-19-29/h10-17,23-24,29-30H,3-9,18-22H2,1-2H3. The van der Waals surface area contributed by atoms with Gasteiger partial charge in [0.15, 0.2) is 0 Å². The summed E-state index contributed by atoms with van der Waals surface area (Å²) in [7, 11) is -0.372. The fraction of sp³-hybridized carbons (Fsp3) is 0.586. The Labute approximate surface area is 187 Å². The average molecular weight is 419 g/mol. The number of benzene rings is 2. The Balaban J connectivity index is 1.33. The van der Waals surface area contributed by atoms with Crippen LogP contribution < -0.4 is 0 Å². The minimum atomic E-state index is -0.372. The van der Waals surface area contributed by atoms with Crippen molar-refractivity contribution >= 4 is 8.80 Å². The SMILES string of the molecule is CCCC1CCC(c2ccc(-c3ccc(C4CC[SiH](CCC)CC4)cc3)cc2)CC1. The van der Waals surface area contributed by atoms with Gasteiger partial charge in [-0.2, -0.15) is 0 Å². The predicted molar refractivity (Wildman–Crippen MR) is 135 cm³/mol. The smallest absolute Gasteiger partial charge is 0.0368 e. The number of hydrogen-bond donors (Lipinski definition) is 0. The molecule has 1 heteroatoms. The fourth-order valence-corrected chi connectivity index (χ4v) is 9.71. The largest absolute Gasteiger partial charge is 0.0657 e. The summed E-state index contributed by atoms with van der Waals surface area (Å²) in [5, 5.41) is 0. The van der Waals surface area contributed by atoms with Gasteiger partial charge < -0.3 is 0 Å². The maximum atomic E-state index is 2.42. The maximum Gasteiger partial charge on any atom is 0.0368 e. The molecule has 30 heavy (non-hydrogen) atoms. The first-order valence-electron chi connectivity index (χ1n) is 13.0. The molecule has 2 aromatic rings. The minimum Gasteiger partial charge on any atom is -0.0657 e. The summed E-state index contributed by atoms with van der Waals surface area (Å²) in [4.78, 5) is 0. The van der Waals surface area contributed by atoms with Crippen molar-refractivity contribution < 1.29 is 0 Å². The lowest BCUT2D eigenvalue weighted by Gasteiger charge is -2.28. The van der Waals surface area contributed by atoms with Crippen LogP contribution in [0.2, 0.25) is 18.1 Å². The van der Waals surface area contributed by atoms with E-state index in [0.717, 1.165) is 17.8 Å². The second kappa shape index (κ2) is 10.8. The minimum absolute atomic E-state index is 0.372. The Bertz CT molecular complexity index is 676. The van der Waals surface area contributed by atoms with Crippen molar-refractivity contribution in [3.8, 4) is 11.1 Å². The van der Waals surface area contributed by atoms with Crippen LogP contribution >= 0.6 is 0 Å². The van der Waals surface area contributed by atoms with Gasteiger partial charge in [0, 0.05) is 8.80 Å². The summed E-state index contributed by atoms with van der Waals surface area (Å²) < 4.78 is 0. The van der Waals surface area contributed by atoms with Crippen LogP contribution in [0.3, 0.4) is 0 Å². The molecule has 0 spiro atoms. The highest BCUT2D eigenvalue weighted by Crippen LogP contribution is 2.38. The van der Waals surface area contributed by atoms with Gasteiger partial charge in [-0.25, -0.2) is 0 Å². The van der Waals surface area contributed by atoms with Crippen molar-refractivity contribution in [2.24, 2.45) is 5.92 Å². The zero-order valence-corrected chi connectivity index (χ0v) is 20.6. The van der Waals surface area contributed by atoms with E-state index in [0.29, 0.717) is 0 Å². The molecule has 1 aliphatic carbocycles. The maximum absolute atomic E-state index is 2.42. The Kier molecular flexibility index (Phi) is 7.87. The van der Waals surface area contributed by atoms with E-state index in [9.17, 15) is 0 Å². The lowest BCUT2D eigenvalue weighted by atomic mass is 9.77. The summed E-state index contributed by atoms with van der Waals surface area (Å²) in [6, 6.07) is 23.8. The van der Waals surface area contributed by atoms with Gasteiger partial charge in [-0.3, -0.25) is 0 Å². The molecule has 1 aliphatic heterocycles. The quantitative estimate of drug-likeness (QED) is 0.394. The van der Waals surface area contributed by atoms with Gasteiger partial charge in [-0.15, -0.1) is 0 Å². The average Bonchev–Trinajstić information content (AvgIpc) is 2.81. The van der Waals surface area contributed by atoms with Crippen LogP contribution in [0.25, 0.3) is 11.1 Å². The first kappa shape index (κ1) is 21.9. The molecule has 0 atom stereocenters. The van der Waals surface area contributed by atoms with Gasteiger partial charge in [-0.05, 0) is 78.5 Å². The van der Waals surface area contributed by atoms with E-state index in [-0.39, 0.29) is 8.80 Å². The van der Waals surface area contributed by atoms with Gasteiger partial charge in [0.25, 0.3) is 0 Å². The van der Waals surface area contributed by atoms with Gasteiger partial charge in [0.2, 0.25) is 0 Å². The molecule has 0 radical (unpaired) electrons. The van der Waals surface area contributed by atoms with E-state index in [1.54, 1.807) is 29.3 Å². The Morgan fingerprint density at radius 2 is 1.13 bits per heavy atom. The van der Waals surface area contributed by atoms with E-state index in [1.165, 1.54) is 68.9 Å². The molecule has 0 N–H and O–H groups in total. The highest BCUT2D eigenvalue weighted by molar-refractivity contribution is 6.59. The van der Waals surface area contributed by atoms with Gasteiger partial charge in [-0.1, -0.05) is 99.8 Å². The predicted octanol–water partition coefficient (Wildman–Crippen LogP) is 8.94. The third kappa shape index (κ3) is 5.47. The lowest BCUT2D eigenvalue weighted by molar-refractivity contribution is 0.308. The van der Waals surface area contributed by atoms with Crippen molar-refractivity contribution in [1.29, 1.82) is 0 Å². The highest BCUT2D eigenvalue weighted by Gasteiger charge is 2.23. The van der Waals surface area contributed by atoms with E-state index < -0.39 is 0 Å². The van der Waals surface area contributed by atoms with Crippen molar-refractivity contribution in [2.75, 3.05) is 0 Å². The molecule has 2 fully saturated rings. The van der Waals surface area contributed by atoms with Gasteiger partial charge >= 0.3 is 0 Å². The molecule has 2 aromatic carbocycles. The van der Waals surface area contributed by atoms with Crippen molar-refractivity contribution in [3.05, 3.63) is 59.7 Å². The fourth-order valence-electron chi connectivity index (χ4n) is 6.28. The summed E-state index contributed by atoms with van der Waals surface area (Å²) in [6.07, 6.45) is 12.7. The van der Waals surface area contributed by atoms with Gasteiger partial charge in [0.1, 0.15) is 0 Å². The molecule has 1 saturated carbocycles. The van der Waals surface area contributed by atoms with Crippen LogP contribution in [0.1, 0.15) is 94.6 Å². The monoisotopic (exact) mass is 418 g/mol. The van der Waals surface area contributed by atoms with Crippen molar-refractivity contribution in [2.45, 2.75) is 102 Å².